The Morgan fingerprint density at radius 1 is 1.32 bits per heavy atom. The number of primary amides is 1. The van der Waals surface area contributed by atoms with E-state index in [1.807, 2.05) is 4.57 Å². The number of ketones is 2. The van der Waals surface area contributed by atoms with E-state index in [-0.39, 0.29) is 29.5 Å². The first-order valence-electron chi connectivity index (χ1n) is 6.98. The molecule has 7 nitrogen and oxygen atoms in total. The van der Waals surface area contributed by atoms with E-state index in [2.05, 4.69) is 0 Å². The summed E-state index contributed by atoms with van der Waals surface area (Å²) < 4.78 is 11.8. The van der Waals surface area contributed by atoms with Gasteiger partial charge in [0.15, 0.2) is 5.76 Å². The number of ether oxygens (including phenoxy) is 2. The molecule has 0 radical (unpaired) electrons. The average molecular weight is 304 g/mol. The molecule has 22 heavy (non-hydrogen) atoms. The van der Waals surface area contributed by atoms with E-state index in [1.54, 1.807) is 6.92 Å². The molecule has 1 aromatic rings. The number of amides is 1. The van der Waals surface area contributed by atoms with Gasteiger partial charge in [-0.1, -0.05) is 0 Å². The molecule has 0 saturated heterocycles. The molecule has 0 saturated carbocycles. The summed E-state index contributed by atoms with van der Waals surface area (Å²) in [6, 6.07) is 0. The third-order valence-corrected chi connectivity index (χ3v) is 4.17. The summed E-state index contributed by atoms with van der Waals surface area (Å²) in [5.74, 6) is -0.526. The topological polar surface area (TPSA) is 101 Å². The number of hydrogen-bond acceptors (Lipinski definition) is 5. The lowest BCUT2D eigenvalue weighted by molar-refractivity contribution is 0.0899. The number of carbonyl (C=O) groups is 3. The minimum atomic E-state index is -0.917. The molecule has 0 fully saturated rings. The quantitative estimate of drug-likeness (QED) is 0.907. The molecule has 2 heterocycles. The second kappa shape index (κ2) is 5.01. The van der Waals surface area contributed by atoms with Crippen LogP contribution < -0.4 is 5.73 Å². The van der Waals surface area contributed by atoms with E-state index < -0.39 is 6.09 Å². The molecular formula is C15H16N2O5. The number of aromatic nitrogens is 1. The third-order valence-electron chi connectivity index (χ3n) is 4.17. The highest BCUT2D eigenvalue weighted by atomic mass is 16.5. The minimum Gasteiger partial charge on any atom is -0.492 e. The van der Waals surface area contributed by atoms with Crippen LogP contribution in [-0.4, -0.2) is 29.3 Å². The van der Waals surface area contributed by atoms with Crippen molar-refractivity contribution >= 4 is 17.7 Å². The maximum atomic E-state index is 12.7. The Bertz CT molecular complexity index is 742. The number of carbonyl (C=O) groups excluding carboxylic acids is 3. The largest absolute Gasteiger partial charge is 0.492 e. The summed E-state index contributed by atoms with van der Waals surface area (Å²) in [6.45, 7) is 2.13. The first kappa shape index (κ1) is 14.4. The van der Waals surface area contributed by atoms with E-state index in [0.717, 1.165) is 18.5 Å². The van der Waals surface area contributed by atoms with Gasteiger partial charge in [-0.3, -0.25) is 9.59 Å². The van der Waals surface area contributed by atoms with Crippen molar-refractivity contribution in [2.75, 3.05) is 7.11 Å². The summed E-state index contributed by atoms with van der Waals surface area (Å²) in [5, 5.41) is 0. The molecule has 0 atom stereocenters. The van der Waals surface area contributed by atoms with E-state index in [9.17, 15) is 14.4 Å². The van der Waals surface area contributed by atoms with Gasteiger partial charge >= 0.3 is 6.09 Å². The zero-order chi connectivity index (χ0) is 16.0. The monoisotopic (exact) mass is 304 g/mol. The highest BCUT2D eigenvalue weighted by Gasteiger charge is 2.39. The fourth-order valence-electron chi connectivity index (χ4n) is 3.25. The van der Waals surface area contributed by atoms with Gasteiger partial charge in [0.25, 0.3) is 0 Å². The second-order valence-electron chi connectivity index (χ2n) is 5.33. The summed E-state index contributed by atoms with van der Waals surface area (Å²) >= 11 is 0. The van der Waals surface area contributed by atoms with Crippen molar-refractivity contribution in [1.82, 2.24) is 4.57 Å². The van der Waals surface area contributed by atoms with Crippen LogP contribution in [0, 0.1) is 0 Å². The molecule has 1 amide bonds. The lowest BCUT2D eigenvalue weighted by atomic mass is 9.91. The highest BCUT2D eigenvalue weighted by Crippen LogP contribution is 2.36. The molecule has 116 valence electrons. The van der Waals surface area contributed by atoms with Crippen molar-refractivity contribution < 1.29 is 23.9 Å². The molecule has 3 rings (SSSR count). The van der Waals surface area contributed by atoms with E-state index in [0.29, 0.717) is 23.4 Å². The van der Waals surface area contributed by atoms with Crippen molar-refractivity contribution in [3.05, 3.63) is 33.8 Å². The Kier molecular flexibility index (Phi) is 3.27. The van der Waals surface area contributed by atoms with Crippen LogP contribution in [0.3, 0.4) is 0 Å². The molecule has 0 unspecified atom stereocenters. The van der Waals surface area contributed by atoms with Gasteiger partial charge in [0.2, 0.25) is 11.6 Å². The number of hydrogen-bond donors (Lipinski definition) is 1. The molecule has 0 bridgehead atoms. The van der Waals surface area contributed by atoms with E-state index >= 15 is 0 Å². The fraction of sp³-hybridized carbons (Fsp3) is 0.400. The summed E-state index contributed by atoms with van der Waals surface area (Å²) in [5.41, 5.74) is 7.39. The van der Waals surface area contributed by atoms with Gasteiger partial charge in [-0.25, -0.2) is 4.79 Å². The molecule has 1 aromatic heterocycles. The van der Waals surface area contributed by atoms with Crippen molar-refractivity contribution in [3.63, 3.8) is 0 Å². The normalized spacial score (nSPS) is 16.6. The molecule has 1 aliphatic heterocycles. The number of fused-ring (bicyclic) bond motifs is 3. The molecule has 2 N–H and O–H groups in total. The van der Waals surface area contributed by atoms with Crippen LogP contribution in [-0.2, 0) is 29.0 Å². The van der Waals surface area contributed by atoms with Crippen molar-refractivity contribution in [1.29, 1.82) is 0 Å². The molecule has 1 aliphatic carbocycles. The van der Waals surface area contributed by atoms with Crippen molar-refractivity contribution in [2.45, 2.75) is 32.9 Å². The molecule has 0 aromatic carbocycles. The number of Topliss-reactive ketones (excluding diaryl/α,β-unsaturated/α-hetero) is 2. The molecule has 7 heteroatoms. The third kappa shape index (κ3) is 1.85. The van der Waals surface area contributed by atoms with Gasteiger partial charge in [-0.2, -0.15) is 0 Å². The van der Waals surface area contributed by atoms with Crippen LogP contribution in [0.4, 0.5) is 4.79 Å². The smallest absolute Gasteiger partial charge is 0.404 e. The van der Waals surface area contributed by atoms with E-state index in [1.165, 1.54) is 7.11 Å². The van der Waals surface area contributed by atoms with Crippen LogP contribution in [0.1, 0.15) is 45.4 Å². The van der Waals surface area contributed by atoms with Crippen LogP contribution in [0.2, 0.25) is 0 Å². The van der Waals surface area contributed by atoms with Crippen LogP contribution in [0.5, 0.6) is 0 Å². The second-order valence-corrected chi connectivity index (χ2v) is 5.33. The van der Waals surface area contributed by atoms with Crippen LogP contribution in [0.25, 0.3) is 0 Å². The zero-order valence-corrected chi connectivity index (χ0v) is 12.4. The number of allylic oxidation sites excluding steroid dienone is 2. The van der Waals surface area contributed by atoms with Gasteiger partial charge in [0.05, 0.1) is 12.7 Å². The molecule has 0 spiro atoms. The Morgan fingerprint density at radius 3 is 2.68 bits per heavy atom. The maximum Gasteiger partial charge on any atom is 0.404 e. The molecule has 2 aliphatic rings. The van der Waals surface area contributed by atoms with Gasteiger partial charge in [-0.05, 0) is 19.8 Å². The first-order chi connectivity index (χ1) is 10.5. The first-order valence-corrected chi connectivity index (χ1v) is 6.98. The standard InChI is InChI=1S/C15H16N2O5/c1-7-12(18)11-10(13(19)14(7)21-2)8(6-22-15(16)20)9-4-3-5-17(9)11/h3-6H2,1-2H3,(H2,16,20). The number of rotatable bonds is 3. The van der Waals surface area contributed by atoms with Crippen LogP contribution >= 0.6 is 0 Å². The molecular weight excluding hydrogens is 288 g/mol. The van der Waals surface area contributed by atoms with Crippen molar-refractivity contribution in [2.24, 2.45) is 5.73 Å². The lowest BCUT2D eigenvalue weighted by Crippen LogP contribution is -2.24. The number of nitrogens with zero attached hydrogens (tertiary/aromatic N) is 1. The maximum absolute atomic E-state index is 12.7. The predicted molar refractivity (Wildman–Crippen MR) is 75.5 cm³/mol. The van der Waals surface area contributed by atoms with E-state index in [4.69, 9.17) is 15.2 Å². The Balaban J connectivity index is 2.19. The Hall–Kier alpha value is -2.57. The van der Waals surface area contributed by atoms with Gasteiger partial charge < -0.3 is 19.8 Å². The van der Waals surface area contributed by atoms with Gasteiger partial charge in [-0.15, -0.1) is 0 Å². The summed E-state index contributed by atoms with van der Waals surface area (Å²) in [6.07, 6.45) is 0.694. The number of methoxy groups -OCH3 is 1. The minimum absolute atomic E-state index is 0.0436. The summed E-state index contributed by atoms with van der Waals surface area (Å²) in [4.78, 5) is 36.1. The van der Waals surface area contributed by atoms with Gasteiger partial charge in [0.1, 0.15) is 12.3 Å². The zero-order valence-electron chi connectivity index (χ0n) is 12.4. The van der Waals surface area contributed by atoms with Crippen molar-refractivity contribution in [3.8, 4) is 0 Å². The van der Waals surface area contributed by atoms with Gasteiger partial charge in [0, 0.05) is 23.4 Å². The van der Waals surface area contributed by atoms with Crippen LogP contribution in [0.15, 0.2) is 11.3 Å². The summed E-state index contributed by atoms with van der Waals surface area (Å²) in [7, 11) is 1.36. The fourth-order valence-corrected chi connectivity index (χ4v) is 3.25. The SMILES string of the molecule is COC1=C(C)C(=O)c2c(c(COC(N)=O)c3n2CCC3)C1=O. The number of nitrogens with two attached hydrogens (primary N) is 1. The lowest BCUT2D eigenvalue weighted by Gasteiger charge is -2.17. The highest BCUT2D eigenvalue weighted by molar-refractivity contribution is 6.26. The Labute approximate surface area is 126 Å². The Morgan fingerprint density at radius 2 is 2.05 bits per heavy atom. The average Bonchev–Trinajstić information content (AvgIpc) is 3.03. The predicted octanol–water partition coefficient (Wildman–Crippen LogP) is 1.33.